The molecule has 0 saturated carbocycles. The average Bonchev–Trinajstić information content (AvgIpc) is 2.87. The second kappa shape index (κ2) is 12.3. The van der Waals surface area contributed by atoms with Gasteiger partial charge in [-0.1, -0.05) is 63.2 Å². The van der Waals surface area contributed by atoms with Crippen LogP contribution in [0.1, 0.15) is 48.6 Å². The van der Waals surface area contributed by atoms with Crippen molar-refractivity contribution in [1.82, 2.24) is 0 Å². The minimum atomic E-state index is -2.19. The maximum Gasteiger partial charge on any atom is 0.250 e. The van der Waals surface area contributed by atoms with Gasteiger partial charge in [0.2, 0.25) is 8.32 Å². The minimum Gasteiger partial charge on any atom is -0.543 e. The molecule has 0 radical (unpaired) electrons. The molecule has 37 heavy (non-hydrogen) atoms. The van der Waals surface area contributed by atoms with Gasteiger partial charge in [-0.3, -0.25) is 0 Å². The van der Waals surface area contributed by atoms with E-state index in [1.807, 2.05) is 48.5 Å². The fourth-order valence-electron chi connectivity index (χ4n) is 3.90. The highest BCUT2D eigenvalue weighted by Gasteiger charge is 2.40. The molecule has 3 aromatic rings. The molecule has 0 spiro atoms. The van der Waals surface area contributed by atoms with Gasteiger partial charge >= 0.3 is 0 Å². The third-order valence-corrected chi connectivity index (χ3v) is 13.0. The number of aliphatic hydroxyl groups is 1. The Hall–Kier alpha value is -2.61. The number of hydrogen-bond donors (Lipinski definition) is 2. The molecule has 0 fully saturated rings. The van der Waals surface area contributed by atoms with Crippen LogP contribution in [0.5, 0.6) is 23.0 Å². The monoisotopic (exact) mass is 540 g/mol. The third kappa shape index (κ3) is 7.03. The normalized spacial score (nSPS) is 13.6. The Kier molecular flexibility index (Phi) is 9.61. The summed E-state index contributed by atoms with van der Waals surface area (Å²) < 4.78 is 17.6. The lowest BCUT2D eigenvalue weighted by molar-refractivity contribution is 0.260. The highest BCUT2D eigenvalue weighted by atomic mass is 32.2. The van der Waals surface area contributed by atoms with Crippen LogP contribution in [-0.4, -0.2) is 39.4 Å². The molecule has 2 atom stereocenters. The first-order valence-corrected chi connectivity index (χ1v) is 16.5. The number of hydrogen-bond acceptors (Lipinski definition) is 6. The zero-order valence-electron chi connectivity index (χ0n) is 22.9. The van der Waals surface area contributed by atoms with Gasteiger partial charge in [-0.2, -0.15) is 0 Å². The predicted octanol–water partition coefficient (Wildman–Crippen LogP) is 7.54. The zero-order chi connectivity index (χ0) is 27.2. The topological polar surface area (TPSA) is 68.2 Å². The van der Waals surface area contributed by atoms with Crippen molar-refractivity contribution in [2.24, 2.45) is 0 Å². The molecule has 2 unspecified atom stereocenters. The highest BCUT2D eigenvalue weighted by molar-refractivity contribution is 7.98. The lowest BCUT2D eigenvalue weighted by Crippen LogP contribution is -2.44. The molecule has 200 valence electrons. The third-order valence-electron chi connectivity index (χ3n) is 7.17. The molecule has 7 heteroatoms. The molecule has 0 bridgehead atoms. The number of thioether (sulfide) groups is 1. The van der Waals surface area contributed by atoms with E-state index in [1.54, 1.807) is 32.0 Å². The summed E-state index contributed by atoms with van der Waals surface area (Å²) in [6.07, 6.45) is 0. The van der Waals surface area contributed by atoms with Crippen molar-refractivity contribution in [3.63, 3.8) is 0 Å². The van der Waals surface area contributed by atoms with Crippen LogP contribution in [0.3, 0.4) is 0 Å². The molecule has 2 N–H and O–H groups in total. The molecule has 5 nitrogen and oxygen atoms in total. The summed E-state index contributed by atoms with van der Waals surface area (Å²) in [5.74, 6) is 2.54. The Morgan fingerprint density at radius 3 is 2.00 bits per heavy atom. The summed E-state index contributed by atoms with van der Waals surface area (Å²) >= 11 is 1.69. The molecule has 0 aliphatic rings. The van der Waals surface area contributed by atoms with Gasteiger partial charge < -0.3 is 24.1 Å². The summed E-state index contributed by atoms with van der Waals surface area (Å²) in [5.41, 5.74) is 2.82. The second-order valence-corrected chi connectivity index (χ2v) is 16.6. The van der Waals surface area contributed by atoms with E-state index < -0.39 is 8.32 Å². The summed E-state index contributed by atoms with van der Waals surface area (Å²) in [7, 11) is 1.03. The molecule has 0 aromatic heterocycles. The van der Waals surface area contributed by atoms with Crippen LogP contribution in [0.15, 0.2) is 66.7 Å². The van der Waals surface area contributed by atoms with Gasteiger partial charge in [-0.15, -0.1) is 11.8 Å². The van der Waals surface area contributed by atoms with Crippen molar-refractivity contribution in [1.29, 1.82) is 0 Å². The fraction of sp³-hybridized carbons (Fsp3) is 0.400. The number of methoxy groups -OCH3 is 2. The zero-order valence-corrected chi connectivity index (χ0v) is 24.8. The van der Waals surface area contributed by atoms with Crippen LogP contribution in [0.4, 0.5) is 0 Å². The van der Waals surface area contributed by atoms with E-state index in [0.29, 0.717) is 11.5 Å². The maximum atomic E-state index is 11.0. The van der Waals surface area contributed by atoms with Crippen molar-refractivity contribution in [3.8, 4) is 23.0 Å². The van der Waals surface area contributed by atoms with Crippen LogP contribution in [0.2, 0.25) is 18.1 Å². The average molecular weight is 541 g/mol. The summed E-state index contributed by atoms with van der Waals surface area (Å²) in [5, 5.41) is 21.6. The maximum absolute atomic E-state index is 11.0. The van der Waals surface area contributed by atoms with E-state index in [-0.39, 0.29) is 28.6 Å². The molecular weight excluding hydrogens is 500 g/mol. The predicted molar refractivity (Wildman–Crippen MR) is 156 cm³/mol. The lowest BCUT2D eigenvalue weighted by Gasteiger charge is -2.38. The largest absolute Gasteiger partial charge is 0.543 e. The summed E-state index contributed by atoms with van der Waals surface area (Å²) in [4.78, 5) is 0. The standard InChI is InChI=1S/C30H40O5SSi/c1-30(2,3)37(6,7)35-28-18-23(34-5)13-15-24(28)26(19-31)29(36-20-21-11-9-8-10-12-21)25-16-14-22(33-4)17-27(25)32/h8-18,26,29,31-32H,19-20H2,1-7H3. The van der Waals surface area contributed by atoms with Gasteiger partial charge in [0.05, 0.1) is 20.8 Å². The number of aromatic hydroxyl groups is 1. The molecule has 0 saturated heterocycles. The molecule has 3 aromatic carbocycles. The molecular formula is C30H40O5SSi. The number of phenols is 1. The Balaban J connectivity index is 2.11. The van der Waals surface area contributed by atoms with Gasteiger partial charge in [0.25, 0.3) is 0 Å². The molecule has 3 rings (SSSR count). The number of ether oxygens (including phenoxy) is 2. The first kappa shape index (κ1) is 29.0. The highest BCUT2D eigenvalue weighted by Crippen LogP contribution is 2.50. The SMILES string of the molecule is COc1ccc(C(SCc2ccccc2)C(CO)c2ccc(OC)cc2O[Si](C)(C)C(C)(C)C)c(O)c1. The molecule has 0 aliphatic heterocycles. The van der Waals surface area contributed by atoms with Crippen LogP contribution in [0.25, 0.3) is 0 Å². The smallest absolute Gasteiger partial charge is 0.250 e. The van der Waals surface area contributed by atoms with Crippen molar-refractivity contribution >= 4 is 20.1 Å². The van der Waals surface area contributed by atoms with E-state index >= 15 is 0 Å². The van der Waals surface area contributed by atoms with Gasteiger partial charge in [-0.05, 0) is 41.4 Å². The van der Waals surface area contributed by atoms with Crippen molar-refractivity contribution < 1.29 is 24.1 Å². The van der Waals surface area contributed by atoms with Crippen LogP contribution in [0, 0.1) is 0 Å². The fourth-order valence-corrected chi connectivity index (χ4v) is 6.34. The van der Waals surface area contributed by atoms with Gasteiger partial charge in [0, 0.05) is 34.6 Å². The van der Waals surface area contributed by atoms with E-state index in [0.717, 1.165) is 22.6 Å². The quantitative estimate of drug-likeness (QED) is 0.245. The van der Waals surface area contributed by atoms with Crippen molar-refractivity contribution in [2.75, 3.05) is 20.8 Å². The van der Waals surface area contributed by atoms with Crippen LogP contribution >= 0.6 is 11.8 Å². The Bertz CT molecular complexity index is 1160. The summed E-state index contributed by atoms with van der Waals surface area (Å²) in [6.45, 7) is 10.9. The van der Waals surface area contributed by atoms with Crippen LogP contribution in [-0.2, 0) is 5.75 Å². The molecule has 0 amide bonds. The first-order chi connectivity index (χ1) is 17.5. The number of rotatable bonds is 11. The van der Waals surface area contributed by atoms with Gasteiger partial charge in [-0.25, -0.2) is 0 Å². The van der Waals surface area contributed by atoms with Crippen molar-refractivity contribution in [3.05, 3.63) is 83.4 Å². The second-order valence-electron chi connectivity index (χ2n) is 10.7. The number of benzene rings is 3. The van der Waals surface area contributed by atoms with Gasteiger partial charge in [0.15, 0.2) is 0 Å². The van der Waals surface area contributed by atoms with E-state index in [9.17, 15) is 10.2 Å². The lowest BCUT2D eigenvalue weighted by atomic mass is 9.90. The molecule has 0 aliphatic carbocycles. The van der Waals surface area contributed by atoms with E-state index in [1.165, 1.54) is 5.56 Å². The Morgan fingerprint density at radius 1 is 0.865 bits per heavy atom. The molecule has 0 heterocycles. The first-order valence-electron chi connectivity index (χ1n) is 12.5. The number of aliphatic hydroxyl groups excluding tert-OH is 1. The minimum absolute atomic E-state index is 0.00221. The van der Waals surface area contributed by atoms with E-state index in [4.69, 9.17) is 13.9 Å². The Labute approximate surface area is 226 Å². The van der Waals surface area contributed by atoms with Crippen LogP contribution < -0.4 is 13.9 Å². The number of phenolic OH excluding ortho intramolecular Hbond substituents is 1. The Morgan fingerprint density at radius 2 is 1.46 bits per heavy atom. The van der Waals surface area contributed by atoms with Gasteiger partial charge in [0.1, 0.15) is 23.0 Å². The van der Waals surface area contributed by atoms with E-state index in [2.05, 4.69) is 46.0 Å². The summed E-state index contributed by atoms with van der Waals surface area (Å²) in [6, 6.07) is 21.4. The van der Waals surface area contributed by atoms with Crippen molar-refractivity contribution in [2.45, 2.75) is 55.8 Å².